The molecular formula is C47H28N2O3. The van der Waals surface area contributed by atoms with Crippen LogP contribution in [0.1, 0.15) is 0 Å². The van der Waals surface area contributed by atoms with E-state index in [1.807, 2.05) is 54.6 Å². The molecular weight excluding hydrogens is 641 g/mol. The molecule has 0 bridgehead atoms. The number of benzene rings is 8. The first-order valence-corrected chi connectivity index (χ1v) is 17.4. The van der Waals surface area contributed by atoms with Gasteiger partial charge in [-0.05, 0) is 83.2 Å². The fourth-order valence-corrected chi connectivity index (χ4v) is 7.66. The number of furan rings is 2. The zero-order valence-electron chi connectivity index (χ0n) is 27.8. The van der Waals surface area contributed by atoms with E-state index in [9.17, 15) is 0 Å². The summed E-state index contributed by atoms with van der Waals surface area (Å²) in [6, 6.07) is 58.6. The summed E-state index contributed by atoms with van der Waals surface area (Å²) < 4.78 is 19.3. The molecule has 0 aliphatic carbocycles. The first-order chi connectivity index (χ1) is 25.7. The number of oxazole rings is 1. The van der Waals surface area contributed by atoms with Gasteiger partial charge in [-0.25, -0.2) is 4.98 Å². The maximum absolute atomic E-state index is 6.47. The number of aromatic nitrogens is 1. The van der Waals surface area contributed by atoms with Gasteiger partial charge in [0.1, 0.15) is 27.8 Å². The summed E-state index contributed by atoms with van der Waals surface area (Å²) >= 11 is 0. The van der Waals surface area contributed by atoms with Crippen molar-refractivity contribution < 1.29 is 13.3 Å². The van der Waals surface area contributed by atoms with Crippen molar-refractivity contribution >= 4 is 82.8 Å². The van der Waals surface area contributed by atoms with Crippen LogP contribution in [0.15, 0.2) is 183 Å². The zero-order valence-corrected chi connectivity index (χ0v) is 27.8. The average molecular weight is 669 g/mol. The van der Waals surface area contributed by atoms with Gasteiger partial charge >= 0.3 is 0 Å². The Balaban J connectivity index is 1.13. The highest BCUT2D eigenvalue weighted by Crippen LogP contribution is 2.44. The third-order valence-electron chi connectivity index (χ3n) is 10.1. The molecule has 8 aromatic carbocycles. The number of fused-ring (bicyclic) bond motifs is 9. The molecule has 52 heavy (non-hydrogen) atoms. The molecule has 0 aliphatic rings. The van der Waals surface area contributed by atoms with Crippen molar-refractivity contribution in [2.45, 2.75) is 0 Å². The van der Waals surface area contributed by atoms with Crippen LogP contribution in [0.25, 0.3) is 88.3 Å². The lowest BCUT2D eigenvalue weighted by molar-refractivity contribution is 0.620. The Hall–Kier alpha value is -7.11. The van der Waals surface area contributed by atoms with Crippen molar-refractivity contribution in [3.05, 3.63) is 170 Å². The standard InChI is InChI=1S/C47H28N2O3/c1-2-10-29(11-3-1)31-13-8-14-32(26-31)49(34-21-23-37-36-16-6-7-18-40(36)51-44(37)28-34)33-22-25-41-39(27-33)45-38(17-9-19-42(45)50-41)47-48-46-35-15-5-4-12-30(35)20-24-43(46)52-47/h1-28H. The van der Waals surface area contributed by atoms with Gasteiger partial charge < -0.3 is 18.2 Å². The molecule has 0 fully saturated rings. The maximum Gasteiger partial charge on any atom is 0.228 e. The molecule has 3 heterocycles. The van der Waals surface area contributed by atoms with Gasteiger partial charge in [-0.2, -0.15) is 0 Å². The fourth-order valence-electron chi connectivity index (χ4n) is 7.66. The van der Waals surface area contributed by atoms with Crippen LogP contribution in [-0.2, 0) is 0 Å². The van der Waals surface area contributed by atoms with E-state index in [0.29, 0.717) is 5.89 Å². The van der Waals surface area contributed by atoms with E-state index in [0.717, 1.165) is 99.5 Å². The molecule has 0 amide bonds. The first kappa shape index (κ1) is 28.7. The summed E-state index contributed by atoms with van der Waals surface area (Å²) in [6.45, 7) is 0. The molecule has 0 saturated heterocycles. The lowest BCUT2D eigenvalue weighted by Crippen LogP contribution is -2.10. The zero-order chi connectivity index (χ0) is 34.2. The molecule has 0 aliphatic heterocycles. The topological polar surface area (TPSA) is 55.6 Å². The van der Waals surface area contributed by atoms with Gasteiger partial charge in [0.15, 0.2) is 5.58 Å². The van der Waals surface area contributed by atoms with E-state index < -0.39 is 0 Å². The fraction of sp³-hybridized carbons (Fsp3) is 0. The molecule has 5 nitrogen and oxygen atoms in total. The molecule has 0 saturated carbocycles. The number of rotatable bonds is 5. The van der Waals surface area contributed by atoms with E-state index in [2.05, 4.69) is 120 Å². The summed E-state index contributed by atoms with van der Waals surface area (Å²) in [7, 11) is 0. The second kappa shape index (κ2) is 11.2. The summed E-state index contributed by atoms with van der Waals surface area (Å²) in [6.07, 6.45) is 0. The van der Waals surface area contributed by atoms with Gasteiger partial charge in [0, 0.05) is 55.6 Å². The van der Waals surface area contributed by atoms with Crippen molar-refractivity contribution in [1.82, 2.24) is 4.98 Å². The molecule has 3 aromatic heterocycles. The minimum absolute atomic E-state index is 0.563. The van der Waals surface area contributed by atoms with Crippen molar-refractivity contribution in [3.63, 3.8) is 0 Å². The number of hydrogen-bond donors (Lipinski definition) is 0. The molecule has 0 radical (unpaired) electrons. The normalized spacial score (nSPS) is 11.8. The van der Waals surface area contributed by atoms with E-state index in [1.165, 1.54) is 0 Å². The number of para-hydroxylation sites is 1. The summed E-state index contributed by atoms with van der Waals surface area (Å²) in [5.41, 5.74) is 11.0. The highest BCUT2D eigenvalue weighted by Gasteiger charge is 2.21. The van der Waals surface area contributed by atoms with E-state index in [1.54, 1.807) is 0 Å². The molecule has 11 aromatic rings. The summed E-state index contributed by atoms with van der Waals surface area (Å²) in [5.74, 6) is 0.563. The predicted molar refractivity (Wildman–Crippen MR) is 212 cm³/mol. The lowest BCUT2D eigenvalue weighted by atomic mass is 10.0. The average Bonchev–Trinajstić information content (AvgIpc) is 3.92. The highest BCUT2D eigenvalue weighted by molar-refractivity contribution is 6.14. The summed E-state index contributed by atoms with van der Waals surface area (Å²) in [5, 5.41) is 6.32. The molecule has 0 atom stereocenters. The van der Waals surface area contributed by atoms with Gasteiger partial charge in [-0.3, -0.25) is 0 Å². The molecule has 11 rings (SSSR count). The minimum atomic E-state index is 0.563. The van der Waals surface area contributed by atoms with Crippen molar-refractivity contribution in [1.29, 1.82) is 0 Å². The summed E-state index contributed by atoms with van der Waals surface area (Å²) in [4.78, 5) is 7.34. The monoisotopic (exact) mass is 668 g/mol. The van der Waals surface area contributed by atoms with Crippen molar-refractivity contribution in [2.75, 3.05) is 4.90 Å². The van der Waals surface area contributed by atoms with Crippen LogP contribution in [0.5, 0.6) is 0 Å². The van der Waals surface area contributed by atoms with Crippen molar-refractivity contribution in [2.24, 2.45) is 0 Å². The van der Waals surface area contributed by atoms with Gasteiger partial charge in [0.25, 0.3) is 0 Å². The molecule has 0 unspecified atom stereocenters. The Kier molecular flexibility index (Phi) is 6.18. The van der Waals surface area contributed by atoms with Gasteiger partial charge in [-0.1, -0.05) is 97.1 Å². The molecule has 0 N–H and O–H groups in total. The number of anilines is 3. The van der Waals surface area contributed by atoms with Crippen molar-refractivity contribution in [3.8, 4) is 22.6 Å². The number of hydrogen-bond acceptors (Lipinski definition) is 5. The van der Waals surface area contributed by atoms with Crippen LogP contribution >= 0.6 is 0 Å². The van der Waals surface area contributed by atoms with Crippen LogP contribution in [-0.4, -0.2) is 4.98 Å². The first-order valence-electron chi connectivity index (χ1n) is 17.4. The quantitative estimate of drug-likeness (QED) is 0.183. The van der Waals surface area contributed by atoms with Gasteiger partial charge in [-0.15, -0.1) is 0 Å². The SMILES string of the molecule is c1ccc(-c2cccc(N(c3ccc4c(c3)oc3ccccc34)c3ccc4oc5cccc(-c6nc7c(ccc8ccccc87)o6)c5c4c3)c2)cc1. The maximum atomic E-state index is 6.47. The van der Waals surface area contributed by atoms with E-state index in [4.69, 9.17) is 18.2 Å². The third kappa shape index (κ3) is 4.46. The molecule has 5 heteroatoms. The van der Waals surface area contributed by atoms with Crippen LogP contribution in [0.3, 0.4) is 0 Å². The Morgan fingerprint density at radius 3 is 2.00 bits per heavy atom. The number of nitrogens with zero attached hydrogens (tertiary/aromatic N) is 2. The van der Waals surface area contributed by atoms with Gasteiger partial charge in [0.2, 0.25) is 5.89 Å². The highest BCUT2D eigenvalue weighted by atomic mass is 16.4. The van der Waals surface area contributed by atoms with E-state index in [-0.39, 0.29) is 0 Å². The van der Waals surface area contributed by atoms with Crippen LogP contribution in [0.2, 0.25) is 0 Å². The second-order valence-corrected chi connectivity index (χ2v) is 13.1. The second-order valence-electron chi connectivity index (χ2n) is 13.1. The Labute approximate surface area is 297 Å². The third-order valence-corrected chi connectivity index (χ3v) is 10.1. The Morgan fingerprint density at radius 2 is 1.06 bits per heavy atom. The molecule has 244 valence electrons. The van der Waals surface area contributed by atoms with Crippen LogP contribution in [0.4, 0.5) is 17.1 Å². The lowest BCUT2D eigenvalue weighted by Gasteiger charge is -2.26. The Morgan fingerprint density at radius 1 is 0.385 bits per heavy atom. The minimum Gasteiger partial charge on any atom is -0.456 e. The predicted octanol–water partition coefficient (Wildman–Crippen LogP) is 13.6. The largest absolute Gasteiger partial charge is 0.456 e. The van der Waals surface area contributed by atoms with Gasteiger partial charge in [0.05, 0.1) is 0 Å². The van der Waals surface area contributed by atoms with Crippen LogP contribution in [0, 0.1) is 0 Å². The Bertz CT molecular complexity index is 3150. The van der Waals surface area contributed by atoms with Crippen LogP contribution < -0.4 is 4.90 Å². The smallest absolute Gasteiger partial charge is 0.228 e. The van der Waals surface area contributed by atoms with E-state index >= 15 is 0 Å². The molecule has 0 spiro atoms.